The van der Waals surface area contributed by atoms with Crippen molar-refractivity contribution in [3.05, 3.63) is 40.2 Å². The van der Waals surface area contributed by atoms with Crippen LogP contribution in [0.3, 0.4) is 0 Å². The zero-order valence-electron chi connectivity index (χ0n) is 17.7. The average molecular weight is 466 g/mol. The Kier molecular flexibility index (Phi) is 6.68. The number of rotatable bonds is 7. The Balaban J connectivity index is 1.72. The Morgan fingerprint density at radius 3 is 2.50 bits per heavy atom. The number of ether oxygens (including phenoxy) is 5. The number of nitrogens with zero attached hydrogens (tertiary/aromatic N) is 1. The van der Waals surface area contributed by atoms with E-state index >= 15 is 0 Å². The lowest BCUT2D eigenvalue weighted by Crippen LogP contribution is -2.37. The summed E-state index contributed by atoms with van der Waals surface area (Å²) in [6.07, 6.45) is -2.28. The molecule has 10 heteroatoms. The highest BCUT2D eigenvalue weighted by molar-refractivity contribution is 6.26. The summed E-state index contributed by atoms with van der Waals surface area (Å²) in [6, 6.07) is 7.19. The SMILES string of the molecule is CCOC(=O)c1c(OC2CO[C@@H]3[C@@H](OC(=O)CCl)CO[C@H]23)c2ccccc2n(CC)c1=O. The van der Waals surface area contributed by atoms with Gasteiger partial charge in [-0.1, -0.05) is 12.1 Å². The molecule has 3 heterocycles. The normalized spacial score (nSPS) is 24.3. The maximum atomic E-state index is 13.2. The van der Waals surface area contributed by atoms with Crippen LogP contribution in [0.1, 0.15) is 24.2 Å². The minimum atomic E-state index is -0.753. The molecule has 0 radical (unpaired) electrons. The first-order valence-electron chi connectivity index (χ1n) is 10.5. The van der Waals surface area contributed by atoms with Crippen LogP contribution in [0.2, 0.25) is 0 Å². The Morgan fingerprint density at radius 2 is 1.81 bits per heavy atom. The lowest BCUT2D eigenvalue weighted by Gasteiger charge is -2.22. The smallest absolute Gasteiger partial charge is 0.347 e. The van der Waals surface area contributed by atoms with Crippen LogP contribution in [-0.4, -0.2) is 66.6 Å². The third-order valence-corrected chi connectivity index (χ3v) is 5.76. The second kappa shape index (κ2) is 9.48. The second-order valence-electron chi connectivity index (χ2n) is 7.41. The summed E-state index contributed by atoms with van der Waals surface area (Å²) < 4.78 is 29.8. The largest absolute Gasteiger partial charge is 0.483 e. The molecule has 0 amide bonds. The van der Waals surface area contributed by atoms with Gasteiger partial charge in [0.2, 0.25) is 0 Å². The van der Waals surface area contributed by atoms with Crippen molar-refractivity contribution in [2.75, 3.05) is 25.7 Å². The van der Waals surface area contributed by atoms with Crippen molar-refractivity contribution in [2.24, 2.45) is 0 Å². The van der Waals surface area contributed by atoms with E-state index in [-0.39, 0.29) is 37.0 Å². The number of aryl methyl sites for hydroxylation is 1. The van der Waals surface area contributed by atoms with E-state index in [1.54, 1.807) is 25.1 Å². The molecule has 2 aliphatic heterocycles. The Labute approximate surface area is 189 Å². The van der Waals surface area contributed by atoms with E-state index < -0.39 is 41.9 Å². The van der Waals surface area contributed by atoms with Crippen molar-refractivity contribution < 1.29 is 33.3 Å². The number of pyridine rings is 1. The Morgan fingerprint density at radius 1 is 1.12 bits per heavy atom. The molecular formula is C22H24ClNO8. The summed E-state index contributed by atoms with van der Waals surface area (Å²) in [5, 5.41) is 0.601. The van der Waals surface area contributed by atoms with Crippen molar-refractivity contribution in [3.8, 4) is 5.75 Å². The molecule has 1 aromatic heterocycles. The maximum absolute atomic E-state index is 13.2. The number of hydrogen-bond acceptors (Lipinski definition) is 8. The third-order valence-electron chi connectivity index (χ3n) is 5.55. The predicted molar refractivity (Wildman–Crippen MR) is 114 cm³/mol. The molecule has 4 rings (SSSR count). The van der Waals surface area contributed by atoms with Gasteiger partial charge >= 0.3 is 11.9 Å². The predicted octanol–water partition coefficient (Wildman–Crippen LogP) is 1.89. The van der Waals surface area contributed by atoms with Gasteiger partial charge in [0.05, 0.1) is 25.3 Å². The molecule has 2 aromatic rings. The molecule has 1 aromatic carbocycles. The summed E-state index contributed by atoms with van der Waals surface area (Å²) in [5.74, 6) is -1.45. The van der Waals surface area contributed by atoms with Gasteiger partial charge in [-0.15, -0.1) is 11.6 Å². The lowest BCUT2D eigenvalue weighted by atomic mass is 10.1. The van der Waals surface area contributed by atoms with Crippen LogP contribution < -0.4 is 10.3 Å². The number of fused-ring (bicyclic) bond motifs is 2. The molecule has 2 saturated heterocycles. The zero-order valence-corrected chi connectivity index (χ0v) is 18.5. The van der Waals surface area contributed by atoms with E-state index in [0.29, 0.717) is 17.4 Å². The number of hydrogen-bond donors (Lipinski definition) is 0. The van der Waals surface area contributed by atoms with Gasteiger partial charge in [-0.3, -0.25) is 9.59 Å². The van der Waals surface area contributed by atoms with E-state index in [9.17, 15) is 14.4 Å². The quantitative estimate of drug-likeness (QED) is 0.451. The fraction of sp³-hybridized carbons (Fsp3) is 0.500. The molecule has 0 spiro atoms. The number of para-hydroxylation sites is 1. The summed E-state index contributed by atoms with van der Waals surface area (Å²) in [7, 11) is 0. The van der Waals surface area contributed by atoms with Crippen LogP contribution >= 0.6 is 11.6 Å². The molecule has 0 bridgehead atoms. The number of aromatic nitrogens is 1. The topological polar surface area (TPSA) is 102 Å². The van der Waals surface area contributed by atoms with Gasteiger partial charge in [0.1, 0.15) is 23.8 Å². The van der Waals surface area contributed by atoms with E-state index in [0.717, 1.165) is 0 Å². The van der Waals surface area contributed by atoms with Crippen LogP contribution in [0.4, 0.5) is 0 Å². The Hall–Kier alpha value is -2.62. The number of esters is 2. The van der Waals surface area contributed by atoms with E-state index in [4.69, 9.17) is 35.3 Å². The number of benzene rings is 1. The van der Waals surface area contributed by atoms with Crippen LogP contribution in [0.25, 0.3) is 10.9 Å². The van der Waals surface area contributed by atoms with Gasteiger partial charge in [-0.2, -0.15) is 0 Å². The second-order valence-corrected chi connectivity index (χ2v) is 7.67. The standard InChI is InChI=1S/C22H24ClNO8/c1-3-24-13-8-6-5-7-12(13)18(17(21(24)26)22(27)28-4-2)32-15-11-30-19-14(10-29-20(15)19)31-16(25)9-23/h5-8,14-15,19-20H,3-4,9-11H2,1-2H3/t14-,15?,19+,20+/m0/s1. The molecule has 2 aliphatic rings. The van der Waals surface area contributed by atoms with Crippen molar-refractivity contribution in [1.29, 1.82) is 0 Å². The van der Waals surface area contributed by atoms with Crippen LogP contribution in [-0.2, 0) is 30.3 Å². The van der Waals surface area contributed by atoms with Crippen LogP contribution in [0, 0.1) is 0 Å². The average Bonchev–Trinajstić information content (AvgIpc) is 3.37. The molecule has 172 valence electrons. The van der Waals surface area contributed by atoms with E-state index in [1.807, 2.05) is 13.0 Å². The first-order chi connectivity index (χ1) is 15.5. The molecule has 4 atom stereocenters. The van der Waals surface area contributed by atoms with Crippen molar-refractivity contribution >= 4 is 34.4 Å². The summed E-state index contributed by atoms with van der Waals surface area (Å²) >= 11 is 5.52. The molecule has 0 saturated carbocycles. The van der Waals surface area contributed by atoms with Gasteiger partial charge in [-0.25, -0.2) is 4.79 Å². The van der Waals surface area contributed by atoms with Gasteiger partial charge in [-0.05, 0) is 26.0 Å². The Bertz CT molecular complexity index is 1080. The van der Waals surface area contributed by atoms with Crippen LogP contribution in [0.15, 0.2) is 29.1 Å². The molecule has 2 fully saturated rings. The number of alkyl halides is 1. The summed E-state index contributed by atoms with van der Waals surface area (Å²) in [6.45, 7) is 4.26. The van der Waals surface area contributed by atoms with Gasteiger partial charge < -0.3 is 28.3 Å². The summed E-state index contributed by atoms with van der Waals surface area (Å²) in [4.78, 5) is 37.5. The highest BCUT2D eigenvalue weighted by Crippen LogP contribution is 2.35. The van der Waals surface area contributed by atoms with E-state index in [2.05, 4.69) is 0 Å². The monoisotopic (exact) mass is 465 g/mol. The molecule has 9 nitrogen and oxygen atoms in total. The summed E-state index contributed by atoms with van der Waals surface area (Å²) in [5.41, 5.74) is -0.0184. The molecule has 0 aliphatic carbocycles. The van der Waals surface area contributed by atoms with Gasteiger partial charge in [0.25, 0.3) is 5.56 Å². The first-order valence-corrected chi connectivity index (χ1v) is 11.0. The minimum Gasteiger partial charge on any atom is -0.483 e. The van der Waals surface area contributed by atoms with Gasteiger partial charge in [0.15, 0.2) is 17.8 Å². The van der Waals surface area contributed by atoms with Gasteiger partial charge in [0, 0.05) is 11.9 Å². The van der Waals surface area contributed by atoms with E-state index in [1.165, 1.54) is 4.57 Å². The van der Waals surface area contributed by atoms with Crippen molar-refractivity contribution in [2.45, 2.75) is 44.8 Å². The first kappa shape index (κ1) is 22.6. The molecular weight excluding hydrogens is 442 g/mol. The fourth-order valence-corrected chi connectivity index (χ4v) is 4.24. The minimum absolute atomic E-state index is 0.116. The molecule has 32 heavy (non-hydrogen) atoms. The third kappa shape index (κ3) is 3.96. The number of carbonyl (C=O) groups is 2. The highest BCUT2D eigenvalue weighted by atomic mass is 35.5. The van der Waals surface area contributed by atoms with Crippen molar-refractivity contribution in [1.82, 2.24) is 4.57 Å². The maximum Gasteiger partial charge on any atom is 0.347 e. The highest BCUT2D eigenvalue weighted by Gasteiger charge is 2.51. The number of halogens is 1. The molecule has 1 unspecified atom stereocenters. The lowest BCUT2D eigenvalue weighted by molar-refractivity contribution is -0.150. The molecule has 0 N–H and O–H groups in total. The van der Waals surface area contributed by atoms with Crippen LogP contribution in [0.5, 0.6) is 5.75 Å². The number of carbonyl (C=O) groups excluding carboxylic acids is 2. The zero-order chi connectivity index (χ0) is 22.8. The fourth-order valence-electron chi connectivity index (χ4n) is 4.18. The van der Waals surface area contributed by atoms with Crippen molar-refractivity contribution in [3.63, 3.8) is 0 Å².